The van der Waals surface area contributed by atoms with Crippen molar-refractivity contribution in [3.8, 4) is 5.75 Å². The molecule has 2 aromatic rings. The first-order chi connectivity index (χ1) is 13.4. The van der Waals surface area contributed by atoms with Crippen molar-refractivity contribution in [2.45, 2.75) is 39.0 Å². The van der Waals surface area contributed by atoms with Gasteiger partial charge in [-0.3, -0.25) is 9.59 Å². The Kier molecular flexibility index (Phi) is 6.31. The molecule has 3 N–H and O–H groups in total. The molecule has 7 heteroatoms. The van der Waals surface area contributed by atoms with Gasteiger partial charge in [0, 0.05) is 16.4 Å². The fraction of sp³-hybridized carbons (Fsp3) is 0.286. The van der Waals surface area contributed by atoms with E-state index in [4.69, 9.17) is 11.6 Å². The van der Waals surface area contributed by atoms with Crippen LogP contribution in [0.4, 0.5) is 5.69 Å². The topological polar surface area (TPSA) is 90.8 Å². The van der Waals surface area contributed by atoms with E-state index in [9.17, 15) is 14.7 Å². The van der Waals surface area contributed by atoms with Gasteiger partial charge in [-0.25, -0.2) is 5.43 Å². The highest BCUT2D eigenvalue weighted by molar-refractivity contribution is 6.31. The van der Waals surface area contributed by atoms with Gasteiger partial charge in [0.25, 0.3) is 5.91 Å². The summed E-state index contributed by atoms with van der Waals surface area (Å²) in [5, 5.41) is 17.0. The zero-order valence-corrected chi connectivity index (χ0v) is 16.3. The van der Waals surface area contributed by atoms with Gasteiger partial charge in [-0.05, 0) is 68.0 Å². The van der Waals surface area contributed by atoms with E-state index < -0.39 is 5.91 Å². The smallest absolute Gasteiger partial charge is 0.275 e. The average Bonchev–Trinajstić information content (AvgIpc) is 2.68. The minimum absolute atomic E-state index is 0.0180. The Morgan fingerprint density at radius 3 is 2.79 bits per heavy atom. The SMILES string of the molecule is CC(CC(=O)Nc1cccc2c1CCCC2)=NNC(=O)c1cc(Cl)ccc1O. The number of anilines is 1. The second kappa shape index (κ2) is 8.89. The fourth-order valence-corrected chi connectivity index (χ4v) is 3.43. The molecule has 0 bridgehead atoms. The van der Waals surface area contributed by atoms with Gasteiger partial charge in [-0.15, -0.1) is 0 Å². The first-order valence-corrected chi connectivity index (χ1v) is 9.54. The summed E-state index contributed by atoms with van der Waals surface area (Å²) >= 11 is 5.84. The van der Waals surface area contributed by atoms with E-state index in [-0.39, 0.29) is 23.6 Å². The van der Waals surface area contributed by atoms with Crippen molar-refractivity contribution >= 4 is 34.8 Å². The van der Waals surface area contributed by atoms with Crippen molar-refractivity contribution < 1.29 is 14.7 Å². The number of rotatable bonds is 5. The monoisotopic (exact) mass is 399 g/mol. The van der Waals surface area contributed by atoms with E-state index in [1.807, 2.05) is 12.1 Å². The molecule has 1 aliphatic rings. The van der Waals surface area contributed by atoms with Gasteiger partial charge in [0.15, 0.2) is 0 Å². The number of carbonyl (C=O) groups excluding carboxylic acids is 2. The van der Waals surface area contributed by atoms with Crippen LogP contribution in [0.1, 0.15) is 47.7 Å². The highest BCUT2D eigenvalue weighted by Crippen LogP contribution is 2.28. The number of hydrogen-bond acceptors (Lipinski definition) is 4. The number of amides is 2. The third-order valence-corrected chi connectivity index (χ3v) is 4.87. The van der Waals surface area contributed by atoms with Crippen molar-refractivity contribution in [3.05, 3.63) is 58.1 Å². The quantitative estimate of drug-likeness (QED) is 0.523. The molecular weight excluding hydrogens is 378 g/mol. The van der Waals surface area contributed by atoms with Gasteiger partial charge in [0.1, 0.15) is 5.75 Å². The predicted molar refractivity (Wildman–Crippen MR) is 110 cm³/mol. The number of phenolic OH excluding ortho intramolecular Hbond substituents is 1. The number of hydrogen-bond donors (Lipinski definition) is 3. The summed E-state index contributed by atoms with van der Waals surface area (Å²) < 4.78 is 0. The number of nitrogens with zero attached hydrogens (tertiary/aromatic N) is 1. The maximum atomic E-state index is 12.4. The van der Waals surface area contributed by atoms with Gasteiger partial charge in [-0.2, -0.15) is 5.10 Å². The number of aromatic hydroxyl groups is 1. The van der Waals surface area contributed by atoms with Crippen LogP contribution in [0.25, 0.3) is 0 Å². The largest absolute Gasteiger partial charge is 0.507 e. The van der Waals surface area contributed by atoms with Crippen LogP contribution in [0.15, 0.2) is 41.5 Å². The van der Waals surface area contributed by atoms with E-state index in [1.54, 1.807) is 6.92 Å². The normalized spacial score (nSPS) is 13.6. The molecule has 2 amide bonds. The lowest BCUT2D eigenvalue weighted by Gasteiger charge is -2.19. The number of aryl methyl sites for hydroxylation is 1. The standard InChI is InChI=1S/C21H22ClN3O3/c1-13(24-25-21(28)17-12-15(22)9-10-19(17)26)11-20(27)23-18-8-4-6-14-5-2-3-7-16(14)18/h4,6,8-10,12,26H,2-3,5,7,11H2,1H3,(H,23,27)(H,25,28). The van der Waals surface area contributed by atoms with Crippen molar-refractivity contribution in [1.29, 1.82) is 0 Å². The van der Waals surface area contributed by atoms with E-state index in [2.05, 4.69) is 21.9 Å². The summed E-state index contributed by atoms with van der Waals surface area (Å²) in [6, 6.07) is 10.1. The van der Waals surface area contributed by atoms with E-state index in [0.717, 1.165) is 24.9 Å². The van der Waals surface area contributed by atoms with Gasteiger partial charge >= 0.3 is 0 Å². The van der Waals surface area contributed by atoms with Crippen LogP contribution < -0.4 is 10.7 Å². The fourth-order valence-electron chi connectivity index (χ4n) is 3.26. The Morgan fingerprint density at radius 2 is 1.96 bits per heavy atom. The maximum absolute atomic E-state index is 12.4. The van der Waals surface area contributed by atoms with Crippen LogP contribution in [0.2, 0.25) is 5.02 Å². The summed E-state index contributed by atoms with van der Waals surface area (Å²) in [4.78, 5) is 24.5. The van der Waals surface area contributed by atoms with E-state index >= 15 is 0 Å². The van der Waals surface area contributed by atoms with Gasteiger partial charge in [0.2, 0.25) is 5.91 Å². The van der Waals surface area contributed by atoms with Crippen LogP contribution in [-0.2, 0) is 17.6 Å². The van der Waals surface area contributed by atoms with Gasteiger partial charge in [-0.1, -0.05) is 23.7 Å². The van der Waals surface area contributed by atoms with Crippen molar-refractivity contribution in [1.82, 2.24) is 5.43 Å². The summed E-state index contributed by atoms with van der Waals surface area (Å²) in [7, 11) is 0. The molecule has 146 valence electrons. The molecule has 0 atom stereocenters. The molecule has 0 saturated carbocycles. The van der Waals surface area contributed by atoms with Crippen LogP contribution in [0.5, 0.6) is 5.75 Å². The molecule has 0 fully saturated rings. The molecule has 2 aromatic carbocycles. The van der Waals surface area contributed by atoms with Crippen LogP contribution >= 0.6 is 11.6 Å². The van der Waals surface area contributed by atoms with Crippen LogP contribution in [0, 0.1) is 0 Å². The summed E-state index contributed by atoms with van der Waals surface area (Å²) in [6.45, 7) is 1.65. The molecule has 3 rings (SSSR count). The Hall–Kier alpha value is -2.86. The molecule has 0 aliphatic heterocycles. The molecule has 6 nitrogen and oxygen atoms in total. The number of halogens is 1. The van der Waals surface area contributed by atoms with Gasteiger partial charge in [0.05, 0.1) is 12.0 Å². The Morgan fingerprint density at radius 1 is 1.18 bits per heavy atom. The molecule has 0 saturated heterocycles. The minimum Gasteiger partial charge on any atom is -0.507 e. The second-order valence-corrected chi connectivity index (χ2v) is 7.26. The molecule has 28 heavy (non-hydrogen) atoms. The van der Waals surface area contributed by atoms with Crippen LogP contribution in [-0.4, -0.2) is 22.6 Å². The third kappa shape index (κ3) is 4.89. The molecule has 0 unspecified atom stereocenters. The molecule has 1 aliphatic carbocycles. The highest BCUT2D eigenvalue weighted by Gasteiger charge is 2.15. The van der Waals surface area contributed by atoms with Crippen molar-refractivity contribution in [2.75, 3.05) is 5.32 Å². The van der Waals surface area contributed by atoms with E-state index in [0.29, 0.717) is 10.7 Å². The van der Waals surface area contributed by atoms with Crippen molar-refractivity contribution in [3.63, 3.8) is 0 Å². The lowest BCUT2D eigenvalue weighted by molar-refractivity contribution is -0.115. The number of nitrogens with one attached hydrogen (secondary N) is 2. The molecular formula is C21H22ClN3O3. The highest BCUT2D eigenvalue weighted by atomic mass is 35.5. The number of benzene rings is 2. The maximum Gasteiger partial charge on any atom is 0.275 e. The molecule has 0 heterocycles. The average molecular weight is 400 g/mol. The summed E-state index contributed by atoms with van der Waals surface area (Å²) in [5.41, 5.74) is 6.15. The number of fused-ring (bicyclic) bond motifs is 1. The lowest BCUT2D eigenvalue weighted by Crippen LogP contribution is -2.22. The molecule has 0 aromatic heterocycles. The first-order valence-electron chi connectivity index (χ1n) is 9.16. The Balaban J connectivity index is 1.60. The lowest BCUT2D eigenvalue weighted by atomic mass is 9.90. The zero-order chi connectivity index (χ0) is 20.1. The van der Waals surface area contributed by atoms with E-state index in [1.165, 1.54) is 35.7 Å². The van der Waals surface area contributed by atoms with Crippen molar-refractivity contribution in [2.24, 2.45) is 5.10 Å². The zero-order valence-electron chi connectivity index (χ0n) is 15.6. The number of hydrazone groups is 1. The number of carbonyl (C=O) groups is 2. The minimum atomic E-state index is -0.600. The first kappa shape index (κ1) is 19.9. The Labute approximate surface area is 168 Å². The predicted octanol–water partition coefficient (Wildman–Crippen LogP) is 4.06. The summed E-state index contributed by atoms with van der Waals surface area (Å²) in [6.07, 6.45) is 4.37. The summed E-state index contributed by atoms with van der Waals surface area (Å²) in [5.74, 6) is -0.988. The van der Waals surface area contributed by atoms with Gasteiger partial charge < -0.3 is 10.4 Å². The Bertz CT molecular complexity index is 940. The van der Waals surface area contributed by atoms with Crippen LogP contribution in [0.3, 0.4) is 0 Å². The number of phenols is 1. The molecule has 0 radical (unpaired) electrons. The third-order valence-electron chi connectivity index (χ3n) is 4.64. The second-order valence-electron chi connectivity index (χ2n) is 6.82. The molecule has 0 spiro atoms.